The van der Waals surface area contributed by atoms with Crippen molar-refractivity contribution in [2.45, 2.75) is 19.4 Å². The molecule has 1 aliphatic rings. The summed E-state index contributed by atoms with van der Waals surface area (Å²) in [6.45, 7) is 0.651. The molecule has 0 radical (unpaired) electrons. The van der Waals surface area contributed by atoms with Crippen LogP contribution in [0.2, 0.25) is 0 Å². The van der Waals surface area contributed by atoms with Gasteiger partial charge < -0.3 is 13.9 Å². The molecule has 2 aromatic carbocycles. The maximum atomic E-state index is 13.1. The van der Waals surface area contributed by atoms with E-state index in [0.29, 0.717) is 47.4 Å². The normalized spacial score (nSPS) is 13.7. The summed E-state index contributed by atoms with van der Waals surface area (Å²) < 4.78 is 9.39. The van der Waals surface area contributed by atoms with Gasteiger partial charge in [-0.25, -0.2) is 0 Å². The molecule has 5 rings (SSSR count). The Morgan fingerprint density at radius 1 is 0.970 bits per heavy atom. The van der Waals surface area contributed by atoms with Gasteiger partial charge in [-0.3, -0.25) is 14.9 Å². The third-order valence-electron chi connectivity index (χ3n) is 6.14. The number of carbonyl (C=O) groups excluding carboxylic acids is 2. The number of imide groups is 1. The van der Waals surface area contributed by atoms with E-state index >= 15 is 0 Å². The SMILES string of the molecule is COc1ccc2c(c1)c(C1=C(c3cn(CCCC#N)c4ccccc34)C(=O)NC1=O)cn2C. The minimum atomic E-state index is -0.411. The minimum Gasteiger partial charge on any atom is -0.497 e. The highest BCUT2D eigenvalue weighted by molar-refractivity contribution is 6.50. The van der Waals surface area contributed by atoms with Crippen LogP contribution in [0.5, 0.6) is 5.75 Å². The molecule has 0 aliphatic carbocycles. The van der Waals surface area contributed by atoms with Crippen LogP contribution in [-0.2, 0) is 23.2 Å². The molecule has 7 heteroatoms. The molecular formula is C26H22N4O3. The Bertz CT molecular complexity index is 1510. The number of para-hydroxylation sites is 1. The molecule has 0 bridgehead atoms. The highest BCUT2D eigenvalue weighted by Crippen LogP contribution is 2.39. The lowest BCUT2D eigenvalue weighted by molar-refractivity contribution is -0.122. The molecule has 7 nitrogen and oxygen atoms in total. The van der Waals surface area contributed by atoms with Crippen LogP contribution in [0.25, 0.3) is 33.0 Å². The van der Waals surface area contributed by atoms with Gasteiger partial charge in [-0.05, 0) is 30.7 Å². The van der Waals surface area contributed by atoms with Gasteiger partial charge in [0.15, 0.2) is 0 Å². The van der Waals surface area contributed by atoms with Gasteiger partial charge >= 0.3 is 0 Å². The molecule has 0 spiro atoms. The zero-order valence-corrected chi connectivity index (χ0v) is 18.4. The molecular weight excluding hydrogens is 416 g/mol. The number of aryl methyl sites for hydroxylation is 2. The second kappa shape index (κ2) is 7.99. The molecule has 0 unspecified atom stereocenters. The van der Waals surface area contributed by atoms with Crippen LogP contribution < -0.4 is 10.1 Å². The van der Waals surface area contributed by atoms with E-state index in [1.54, 1.807) is 7.11 Å². The van der Waals surface area contributed by atoms with Gasteiger partial charge in [0, 0.05) is 65.3 Å². The fourth-order valence-corrected chi connectivity index (χ4v) is 4.63. The number of nitrogens with one attached hydrogen (secondary N) is 1. The summed E-state index contributed by atoms with van der Waals surface area (Å²) in [7, 11) is 3.51. The Morgan fingerprint density at radius 3 is 2.42 bits per heavy atom. The number of unbranched alkanes of at least 4 members (excludes halogenated alkanes) is 1. The van der Waals surface area contributed by atoms with Crippen molar-refractivity contribution in [2.75, 3.05) is 7.11 Å². The second-order valence-corrected chi connectivity index (χ2v) is 8.08. The number of fused-ring (bicyclic) bond motifs is 2. The van der Waals surface area contributed by atoms with Crippen molar-refractivity contribution in [3.63, 3.8) is 0 Å². The van der Waals surface area contributed by atoms with E-state index in [1.807, 2.05) is 66.5 Å². The zero-order valence-electron chi connectivity index (χ0n) is 18.4. The van der Waals surface area contributed by atoms with Crippen molar-refractivity contribution < 1.29 is 14.3 Å². The first-order valence-corrected chi connectivity index (χ1v) is 10.7. The molecule has 0 fully saturated rings. The van der Waals surface area contributed by atoms with Crippen LogP contribution in [0.3, 0.4) is 0 Å². The Hall–Kier alpha value is -4.31. The first kappa shape index (κ1) is 20.6. The fraction of sp³-hybridized carbons (Fsp3) is 0.192. The number of ether oxygens (including phenoxy) is 1. The molecule has 1 N–H and O–H groups in total. The molecule has 33 heavy (non-hydrogen) atoms. The van der Waals surface area contributed by atoms with E-state index in [2.05, 4.69) is 16.0 Å². The van der Waals surface area contributed by atoms with Gasteiger partial charge in [0.25, 0.3) is 11.8 Å². The molecule has 0 atom stereocenters. The number of aromatic nitrogens is 2. The lowest BCUT2D eigenvalue weighted by Crippen LogP contribution is -2.22. The maximum Gasteiger partial charge on any atom is 0.259 e. The Morgan fingerprint density at radius 2 is 1.70 bits per heavy atom. The molecule has 3 heterocycles. The molecule has 164 valence electrons. The van der Waals surface area contributed by atoms with Crippen LogP contribution in [0.1, 0.15) is 24.0 Å². The van der Waals surface area contributed by atoms with Gasteiger partial charge in [0.05, 0.1) is 24.3 Å². The number of nitriles is 1. The van der Waals surface area contributed by atoms with Crippen LogP contribution in [0.4, 0.5) is 0 Å². The van der Waals surface area contributed by atoms with E-state index in [-0.39, 0.29) is 0 Å². The van der Waals surface area contributed by atoms with E-state index < -0.39 is 11.8 Å². The largest absolute Gasteiger partial charge is 0.497 e. The highest BCUT2D eigenvalue weighted by atomic mass is 16.5. The van der Waals surface area contributed by atoms with Gasteiger partial charge in [0.1, 0.15) is 5.75 Å². The number of hydrogen-bond acceptors (Lipinski definition) is 4. The van der Waals surface area contributed by atoms with Crippen LogP contribution in [0, 0.1) is 11.3 Å². The summed E-state index contributed by atoms with van der Waals surface area (Å²) in [6.07, 6.45) is 4.95. The summed E-state index contributed by atoms with van der Waals surface area (Å²) in [4.78, 5) is 26.1. The highest BCUT2D eigenvalue weighted by Gasteiger charge is 2.35. The lowest BCUT2D eigenvalue weighted by Gasteiger charge is -2.04. The first-order chi connectivity index (χ1) is 16.0. The number of carbonyl (C=O) groups is 2. The predicted molar refractivity (Wildman–Crippen MR) is 126 cm³/mol. The number of benzene rings is 2. The quantitative estimate of drug-likeness (QED) is 0.364. The van der Waals surface area contributed by atoms with E-state index in [0.717, 1.165) is 21.8 Å². The van der Waals surface area contributed by atoms with E-state index in [4.69, 9.17) is 10.00 Å². The van der Waals surface area contributed by atoms with Crippen molar-refractivity contribution in [1.82, 2.24) is 14.5 Å². The molecule has 2 aromatic heterocycles. The standard InChI is InChI=1S/C26H22N4O3/c1-29-14-19(18-13-16(33-2)9-10-21(18)29)23-24(26(32)28-25(23)31)20-15-30(12-6-5-11-27)22-8-4-3-7-17(20)22/h3-4,7-10,13-15H,5-6,12H2,1-2H3,(H,28,31,32). The van der Waals surface area contributed by atoms with Gasteiger partial charge in [-0.15, -0.1) is 0 Å². The molecule has 2 amide bonds. The van der Waals surface area contributed by atoms with Gasteiger partial charge in [0.2, 0.25) is 0 Å². The summed E-state index contributed by atoms with van der Waals surface area (Å²) in [5.74, 6) is -0.141. The molecule has 0 saturated carbocycles. The number of rotatable bonds is 6. The van der Waals surface area contributed by atoms with Crippen molar-refractivity contribution in [3.05, 3.63) is 66.0 Å². The summed E-state index contributed by atoms with van der Waals surface area (Å²) in [5, 5.41) is 13.1. The van der Waals surface area contributed by atoms with Crippen molar-refractivity contribution in [1.29, 1.82) is 5.26 Å². The van der Waals surface area contributed by atoms with E-state index in [1.165, 1.54) is 0 Å². The lowest BCUT2D eigenvalue weighted by atomic mass is 9.95. The van der Waals surface area contributed by atoms with E-state index in [9.17, 15) is 9.59 Å². The second-order valence-electron chi connectivity index (χ2n) is 8.08. The monoisotopic (exact) mass is 438 g/mol. The average molecular weight is 438 g/mol. The zero-order chi connectivity index (χ0) is 23.1. The molecule has 1 aliphatic heterocycles. The van der Waals surface area contributed by atoms with Gasteiger partial charge in [-0.1, -0.05) is 18.2 Å². The van der Waals surface area contributed by atoms with Crippen LogP contribution >= 0.6 is 0 Å². The topological polar surface area (TPSA) is 89.1 Å². The number of amides is 2. The van der Waals surface area contributed by atoms with Crippen molar-refractivity contribution in [2.24, 2.45) is 7.05 Å². The third-order valence-corrected chi connectivity index (χ3v) is 6.14. The summed E-state index contributed by atoms with van der Waals surface area (Å²) in [5.41, 5.74) is 4.02. The first-order valence-electron chi connectivity index (χ1n) is 10.7. The number of methoxy groups -OCH3 is 1. The molecule has 4 aromatic rings. The maximum absolute atomic E-state index is 13.1. The minimum absolute atomic E-state index is 0.360. The number of nitrogens with zero attached hydrogens (tertiary/aromatic N) is 3. The van der Waals surface area contributed by atoms with Crippen LogP contribution in [-0.4, -0.2) is 28.1 Å². The third kappa shape index (κ3) is 3.28. The predicted octanol–water partition coefficient (Wildman–Crippen LogP) is 4.01. The average Bonchev–Trinajstić information content (AvgIpc) is 3.44. The van der Waals surface area contributed by atoms with Crippen molar-refractivity contribution in [3.8, 4) is 11.8 Å². The Balaban J connectivity index is 1.77. The van der Waals surface area contributed by atoms with Crippen molar-refractivity contribution >= 4 is 44.8 Å². The fourth-order valence-electron chi connectivity index (χ4n) is 4.63. The Kier molecular flexibility index (Phi) is 4.98. The summed E-state index contributed by atoms with van der Waals surface area (Å²) >= 11 is 0. The number of hydrogen-bond donors (Lipinski definition) is 1. The van der Waals surface area contributed by atoms with Crippen LogP contribution in [0.15, 0.2) is 54.9 Å². The smallest absolute Gasteiger partial charge is 0.259 e. The molecule has 0 saturated heterocycles. The van der Waals surface area contributed by atoms with Gasteiger partial charge in [-0.2, -0.15) is 5.26 Å². The Labute approximate surface area is 190 Å². The summed E-state index contributed by atoms with van der Waals surface area (Å²) in [6, 6.07) is 15.7.